The van der Waals surface area contributed by atoms with Crippen LogP contribution in [0.5, 0.6) is 11.5 Å². The highest BCUT2D eigenvalue weighted by Gasteiger charge is 2.21. The zero-order chi connectivity index (χ0) is 22.9. The molecule has 2 aromatic carbocycles. The van der Waals surface area contributed by atoms with Gasteiger partial charge in [-0.05, 0) is 48.7 Å². The van der Waals surface area contributed by atoms with Crippen LogP contribution in [0.2, 0.25) is 5.02 Å². The fourth-order valence-corrected chi connectivity index (χ4v) is 3.92. The predicted octanol–water partition coefficient (Wildman–Crippen LogP) is 3.46. The van der Waals surface area contributed by atoms with Gasteiger partial charge in [-0.3, -0.25) is 14.5 Å². The number of hydrogen-bond donors (Lipinski definition) is 1. The number of ether oxygens (including phenoxy) is 2. The second-order valence-electron chi connectivity index (χ2n) is 7.75. The van der Waals surface area contributed by atoms with Crippen molar-refractivity contribution in [2.45, 2.75) is 19.3 Å². The summed E-state index contributed by atoms with van der Waals surface area (Å²) in [5.74, 6) is 1.39. The van der Waals surface area contributed by atoms with Gasteiger partial charge in [0.1, 0.15) is 11.5 Å². The molecule has 1 heterocycles. The number of anilines is 1. The molecule has 2 amide bonds. The van der Waals surface area contributed by atoms with Crippen LogP contribution in [-0.4, -0.2) is 68.6 Å². The number of aryl methyl sites for hydroxylation is 1. The molecular formula is C24H30ClN3O4. The minimum Gasteiger partial charge on any atom is -0.497 e. The van der Waals surface area contributed by atoms with Gasteiger partial charge in [-0.15, -0.1) is 0 Å². The quantitative estimate of drug-likeness (QED) is 0.654. The van der Waals surface area contributed by atoms with Crippen LogP contribution in [0.3, 0.4) is 0 Å². The van der Waals surface area contributed by atoms with Gasteiger partial charge in [0.2, 0.25) is 11.8 Å². The summed E-state index contributed by atoms with van der Waals surface area (Å²) in [6.45, 7) is 3.01. The summed E-state index contributed by atoms with van der Waals surface area (Å²) < 4.78 is 10.5. The summed E-state index contributed by atoms with van der Waals surface area (Å²) in [6, 6.07) is 12.9. The van der Waals surface area contributed by atoms with Gasteiger partial charge in [-0.1, -0.05) is 23.7 Å². The van der Waals surface area contributed by atoms with Gasteiger partial charge in [-0.2, -0.15) is 0 Å². The normalized spacial score (nSPS) is 14.5. The third-order valence-electron chi connectivity index (χ3n) is 5.53. The van der Waals surface area contributed by atoms with E-state index in [1.807, 2.05) is 29.2 Å². The number of rotatable bonds is 8. The second-order valence-corrected chi connectivity index (χ2v) is 8.19. The number of methoxy groups -OCH3 is 2. The van der Waals surface area contributed by atoms with Gasteiger partial charge < -0.3 is 19.7 Å². The Labute approximate surface area is 194 Å². The van der Waals surface area contributed by atoms with Crippen LogP contribution >= 0.6 is 11.6 Å². The molecule has 172 valence electrons. The fourth-order valence-electron chi connectivity index (χ4n) is 3.75. The molecule has 2 aromatic rings. The number of carbonyl (C=O) groups excluding carboxylic acids is 2. The molecule has 8 heteroatoms. The minimum atomic E-state index is -0.134. The smallest absolute Gasteiger partial charge is 0.238 e. The van der Waals surface area contributed by atoms with E-state index in [-0.39, 0.29) is 18.4 Å². The minimum absolute atomic E-state index is 0.134. The van der Waals surface area contributed by atoms with Gasteiger partial charge in [-0.25, -0.2) is 0 Å². The van der Waals surface area contributed by atoms with Crippen molar-refractivity contribution in [3.05, 3.63) is 53.1 Å². The number of halogens is 1. The molecule has 1 aliphatic heterocycles. The molecule has 0 atom stereocenters. The molecule has 3 rings (SSSR count). The lowest BCUT2D eigenvalue weighted by atomic mass is 10.1. The number of carbonyl (C=O) groups is 2. The second kappa shape index (κ2) is 11.7. The highest BCUT2D eigenvalue weighted by Crippen LogP contribution is 2.27. The van der Waals surface area contributed by atoms with E-state index in [0.29, 0.717) is 48.9 Å². The van der Waals surface area contributed by atoms with E-state index < -0.39 is 0 Å². The van der Waals surface area contributed by atoms with E-state index >= 15 is 0 Å². The van der Waals surface area contributed by atoms with Crippen molar-refractivity contribution in [1.82, 2.24) is 9.80 Å². The van der Waals surface area contributed by atoms with Gasteiger partial charge in [0, 0.05) is 37.6 Å². The van der Waals surface area contributed by atoms with Crippen molar-refractivity contribution < 1.29 is 19.1 Å². The maximum Gasteiger partial charge on any atom is 0.238 e. The Bertz CT molecular complexity index is 920. The Kier molecular flexibility index (Phi) is 8.76. The van der Waals surface area contributed by atoms with E-state index in [2.05, 4.69) is 10.2 Å². The van der Waals surface area contributed by atoms with Gasteiger partial charge in [0.25, 0.3) is 0 Å². The van der Waals surface area contributed by atoms with E-state index in [1.165, 1.54) is 0 Å². The zero-order valence-electron chi connectivity index (χ0n) is 18.6. The Morgan fingerprint density at radius 2 is 1.78 bits per heavy atom. The lowest BCUT2D eigenvalue weighted by Crippen LogP contribution is -2.38. The molecule has 0 aromatic heterocycles. The first-order chi connectivity index (χ1) is 15.5. The summed E-state index contributed by atoms with van der Waals surface area (Å²) in [7, 11) is 3.19. The number of amides is 2. The van der Waals surface area contributed by atoms with Gasteiger partial charge >= 0.3 is 0 Å². The maximum absolute atomic E-state index is 12.7. The topological polar surface area (TPSA) is 71.1 Å². The Morgan fingerprint density at radius 1 is 1.00 bits per heavy atom. The van der Waals surface area contributed by atoms with Crippen molar-refractivity contribution in [3.63, 3.8) is 0 Å². The fraction of sp³-hybridized carbons (Fsp3) is 0.417. The highest BCUT2D eigenvalue weighted by molar-refractivity contribution is 6.31. The molecule has 0 spiro atoms. The standard InChI is InChI=1S/C24H30ClN3O4/c1-31-20-8-4-18(5-9-20)6-11-24(30)28-13-3-12-27(14-15-28)17-23(29)26-21-16-19(25)7-10-22(21)32-2/h4-5,7-10,16H,3,6,11-15,17H2,1-2H3,(H,26,29). The lowest BCUT2D eigenvalue weighted by molar-refractivity contribution is -0.131. The van der Waals surface area contributed by atoms with E-state index in [9.17, 15) is 9.59 Å². The Morgan fingerprint density at radius 3 is 2.50 bits per heavy atom. The largest absolute Gasteiger partial charge is 0.497 e. The third-order valence-corrected chi connectivity index (χ3v) is 5.77. The first-order valence-electron chi connectivity index (χ1n) is 10.7. The molecule has 1 N–H and O–H groups in total. The van der Waals surface area contributed by atoms with Gasteiger partial charge in [0.05, 0.1) is 26.5 Å². The molecule has 0 saturated carbocycles. The number of nitrogens with zero attached hydrogens (tertiary/aromatic N) is 2. The van der Waals surface area contributed by atoms with Crippen LogP contribution in [0, 0.1) is 0 Å². The molecule has 32 heavy (non-hydrogen) atoms. The summed E-state index contributed by atoms with van der Waals surface area (Å²) in [5, 5.41) is 3.40. The van der Waals surface area contributed by atoms with Crippen molar-refractivity contribution in [2.75, 3.05) is 52.3 Å². The number of hydrogen-bond acceptors (Lipinski definition) is 5. The molecule has 0 radical (unpaired) electrons. The monoisotopic (exact) mass is 459 g/mol. The van der Waals surface area contributed by atoms with Crippen molar-refractivity contribution in [2.24, 2.45) is 0 Å². The van der Waals surface area contributed by atoms with Crippen LogP contribution < -0.4 is 14.8 Å². The van der Waals surface area contributed by atoms with E-state index in [4.69, 9.17) is 21.1 Å². The van der Waals surface area contributed by atoms with Crippen molar-refractivity contribution in [3.8, 4) is 11.5 Å². The average Bonchev–Trinajstić information content (AvgIpc) is 3.03. The van der Waals surface area contributed by atoms with E-state index in [1.54, 1.807) is 32.4 Å². The first-order valence-corrected chi connectivity index (χ1v) is 11.1. The maximum atomic E-state index is 12.7. The van der Waals surface area contributed by atoms with E-state index in [0.717, 1.165) is 24.3 Å². The lowest BCUT2D eigenvalue weighted by Gasteiger charge is -2.22. The SMILES string of the molecule is COc1ccc(CCC(=O)N2CCCN(CC(=O)Nc3cc(Cl)ccc3OC)CC2)cc1. The summed E-state index contributed by atoms with van der Waals surface area (Å²) >= 11 is 6.03. The molecule has 7 nitrogen and oxygen atoms in total. The van der Waals surface area contributed by atoms with Crippen LogP contribution in [-0.2, 0) is 16.0 Å². The van der Waals surface area contributed by atoms with Crippen LogP contribution in [0.1, 0.15) is 18.4 Å². The third kappa shape index (κ3) is 6.87. The van der Waals surface area contributed by atoms with Crippen LogP contribution in [0.4, 0.5) is 5.69 Å². The summed E-state index contributed by atoms with van der Waals surface area (Å²) in [5.41, 5.74) is 1.67. The molecule has 1 fully saturated rings. The van der Waals surface area contributed by atoms with Crippen LogP contribution in [0.15, 0.2) is 42.5 Å². The Balaban J connectivity index is 1.46. The average molecular weight is 460 g/mol. The van der Waals surface area contributed by atoms with Crippen molar-refractivity contribution >= 4 is 29.1 Å². The zero-order valence-corrected chi connectivity index (χ0v) is 19.4. The van der Waals surface area contributed by atoms with Crippen molar-refractivity contribution in [1.29, 1.82) is 0 Å². The Hall–Kier alpha value is -2.77. The molecule has 1 saturated heterocycles. The van der Waals surface area contributed by atoms with Gasteiger partial charge in [0.15, 0.2) is 0 Å². The highest BCUT2D eigenvalue weighted by atomic mass is 35.5. The predicted molar refractivity (Wildman–Crippen MR) is 126 cm³/mol. The first kappa shape index (κ1) is 23.9. The van der Waals surface area contributed by atoms with Crippen LogP contribution in [0.25, 0.3) is 0 Å². The molecule has 0 unspecified atom stereocenters. The summed E-state index contributed by atoms with van der Waals surface area (Å²) in [4.78, 5) is 29.2. The number of nitrogens with one attached hydrogen (secondary N) is 1. The summed E-state index contributed by atoms with van der Waals surface area (Å²) in [6.07, 6.45) is 2.01. The molecular weight excluding hydrogens is 430 g/mol. The number of benzene rings is 2. The molecule has 0 aliphatic carbocycles. The molecule has 1 aliphatic rings. The molecule has 0 bridgehead atoms.